The van der Waals surface area contributed by atoms with Gasteiger partial charge in [-0.1, -0.05) is 6.58 Å². The number of nitrogens with zero attached hydrogens (tertiary/aromatic N) is 1. The summed E-state index contributed by atoms with van der Waals surface area (Å²) < 4.78 is 4.05. The van der Waals surface area contributed by atoms with Crippen LogP contribution in [0.5, 0.6) is 0 Å². The first kappa shape index (κ1) is 8.55. The zero-order chi connectivity index (χ0) is 7.98. The molecule has 10 heavy (non-hydrogen) atoms. The van der Waals surface area contributed by atoms with Gasteiger partial charge in [0.25, 0.3) is 0 Å². The molecule has 0 rings (SSSR count). The van der Waals surface area contributed by atoms with E-state index in [4.69, 9.17) is 0 Å². The molecule has 0 saturated carbocycles. The lowest BCUT2D eigenvalue weighted by molar-refractivity contribution is -0.131. The molecule has 0 radical (unpaired) electrons. The van der Waals surface area contributed by atoms with E-state index in [0.717, 1.165) is 6.08 Å². The molecule has 0 aliphatic heterocycles. The number of rotatable bonds is 1. The van der Waals surface area contributed by atoms with Crippen molar-refractivity contribution in [2.45, 2.75) is 6.92 Å². The van der Waals surface area contributed by atoms with Crippen molar-refractivity contribution < 1.29 is 14.3 Å². The van der Waals surface area contributed by atoms with Crippen LogP contribution in [0, 0.1) is 0 Å². The van der Waals surface area contributed by atoms with Crippen LogP contribution in [0.1, 0.15) is 6.92 Å². The van der Waals surface area contributed by atoms with Crippen molar-refractivity contribution in [3.8, 4) is 0 Å². The van der Waals surface area contributed by atoms with Gasteiger partial charge in [-0.05, 0) is 6.92 Å². The lowest BCUT2D eigenvalue weighted by Gasteiger charge is -1.90. The second-order valence-electron chi connectivity index (χ2n) is 1.28. The van der Waals surface area contributed by atoms with Gasteiger partial charge >= 0.3 is 12.1 Å². The molecular weight excluding hydrogens is 134 g/mol. The molecule has 0 bridgehead atoms. The molecule has 0 heterocycles. The Hall–Kier alpha value is -1.45. The molecule has 4 heteroatoms. The maximum absolute atomic E-state index is 10.3. The molecule has 0 aliphatic rings. The largest absolute Gasteiger partial charge is 0.441 e. The highest BCUT2D eigenvalue weighted by atomic mass is 16.6. The second-order valence-corrected chi connectivity index (χ2v) is 1.28. The SMILES string of the molecule is C=CC(=O)OC(=O)N=CC. The molecule has 0 aliphatic carbocycles. The number of esters is 1. The zero-order valence-electron chi connectivity index (χ0n) is 5.53. The topological polar surface area (TPSA) is 55.7 Å². The summed E-state index contributed by atoms with van der Waals surface area (Å²) in [6, 6.07) is 0. The van der Waals surface area contributed by atoms with Crippen molar-refractivity contribution in [1.29, 1.82) is 0 Å². The first-order valence-corrected chi connectivity index (χ1v) is 2.57. The van der Waals surface area contributed by atoms with Gasteiger partial charge in [0.05, 0.1) is 0 Å². The van der Waals surface area contributed by atoms with Crippen molar-refractivity contribution in [3.63, 3.8) is 0 Å². The monoisotopic (exact) mass is 141 g/mol. The Labute approximate surface area is 58.2 Å². The first-order valence-electron chi connectivity index (χ1n) is 2.57. The van der Waals surface area contributed by atoms with Crippen LogP contribution in [0.2, 0.25) is 0 Å². The summed E-state index contributed by atoms with van der Waals surface area (Å²) in [6.07, 6.45) is 1.20. The van der Waals surface area contributed by atoms with Crippen molar-refractivity contribution in [1.82, 2.24) is 0 Å². The highest BCUT2D eigenvalue weighted by molar-refractivity contribution is 5.93. The third-order valence-electron chi connectivity index (χ3n) is 0.589. The average Bonchev–Trinajstić information content (AvgIpc) is 1.88. The van der Waals surface area contributed by atoms with Gasteiger partial charge in [0, 0.05) is 12.3 Å². The number of hydrogen-bond acceptors (Lipinski definition) is 3. The summed E-state index contributed by atoms with van der Waals surface area (Å²) in [5.74, 6) is -0.796. The molecule has 1 amide bonds. The van der Waals surface area contributed by atoms with E-state index in [1.165, 1.54) is 6.21 Å². The maximum atomic E-state index is 10.3. The minimum Gasteiger partial charge on any atom is -0.371 e. The van der Waals surface area contributed by atoms with Crippen LogP contribution in [-0.4, -0.2) is 18.3 Å². The molecule has 4 nitrogen and oxygen atoms in total. The van der Waals surface area contributed by atoms with Crippen LogP contribution in [-0.2, 0) is 9.53 Å². The van der Waals surface area contributed by atoms with E-state index in [1.54, 1.807) is 6.92 Å². The van der Waals surface area contributed by atoms with E-state index in [9.17, 15) is 9.59 Å². The third kappa shape index (κ3) is 3.54. The predicted molar refractivity (Wildman–Crippen MR) is 35.9 cm³/mol. The molecular formula is C6H7NO3. The minimum absolute atomic E-state index is 0.796. The van der Waals surface area contributed by atoms with Crippen molar-refractivity contribution in [2.24, 2.45) is 4.99 Å². The third-order valence-corrected chi connectivity index (χ3v) is 0.589. The summed E-state index contributed by atoms with van der Waals surface area (Å²) in [4.78, 5) is 23.7. The Morgan fingerprint density at radius 1 is 1.60 bits per heavy atom. The van der Waals surface area contributed by atoms with Gasteiger partial charge in [0.1, 0.15) is 0 Å². The molecule has 0 unspecified atom stereocenters. The number of amides is 1. The fourth-order valence-corrected chi connectivity index (χ4v) is 0.259. The predicted octanol–water partition coefficient (Wildman–Crippen LogP) is 0.926. The Kier molecular flexibility index (Phi) is 3.79. The van der Waals surface area contributed by atoms with Crippen molar-refractivity contribution in [2.75, 3.05) is 0 Å². The van der Waals surface area contributed by atoms with Gasteiger partial charge in [-0.25, -0.2) is 9.59 Å². The molecule has 0 aromatic carbocycles. The van der Waals surface area contributed by atoms with Crippen LogP contribution in [0.3, 0.4) is 0 Å². The highest BCUT2D eigenvalue weighted by Crippen LogP contribution is 1.84. The molecule has 0 fully saturated rings. The summed E-state index contributed by atoms with van der Waals surface area (Å²) in [6.45, 7) is 4.64. The Bertz CT molecular complexity index is 183. The number of carbonyl (C=O) groups is 2. The van der Waals surface area contributed by atoms with Gasteiger partial charge < -0.3 is 4.74 Å². The molecule has 0 aromatic rings. The number of carbonyl (C=O) groups excluding carboxylic acids is 2. The lowest BCUT2D eigenvalue weighted by atomic mass is 10.7. The van der Waals surface area contributed by atoms with Crippen LogP contribution in [0.4, 0.5) is 4.79 Å². The Balaban J connectivity index is 3.79. The van der Waals surface area contributed by atoms with Crippen LogP contribution < -0.4 is 0 Å². The van der Waals surface area contributed by atoms with Crippen LogP contribution in [0.25, 0.3) is 0 Å². The van der Waals surface area contributed by atoms with Gasteiger partial charge in [-0.2, -0.15) is 4.99 Å². The highest BCUT2D eigenvalue weighted by Gasteiger charge is 2.01. The zero-order valence-corrected chi connectivity index (χ0v) is 5.53. The summed E-state index contributed by atoms with van der Waals surface area (Å²) in [7, 11) is 0. The van der Waals surface area contributed by atoms with E-state index in [1.807, 2.05) is 0 Å². The minimum atomic E-state index is -0.924. The van der Waals surface area contributed by atoms with E-state index >= 15 is 0 Å². The van der Waals surface area contributed by atoms with Gasteiger partial charge in [-0.3, -0.25) is 0 Å². The number of hydrogen-bond donors (Lipinski definition) is 0. The Morgan fingerprint density at radius 3 is 2.60 bits per heavy atom. The smallest absolute Gasteiger partial charge is 0.371 e. The van der Waals surface area contributed by atoms with E-state index in [-0.39, 0.29) is 0 Å². The fourth-order valence-electron chi connectivity index (χ4n) is 0.259. The maximum Gasteiger partial charge on any atom is 0.441 e. The number of aliphatic imine (C=N–C) groups is 1. The summed E-state index contributed by atoms with van der Waals surface area (Å²) in [5, 5.41) is 0. The molecule has 0 aromatic heterocycles. The lowest BCUT2D eigenvalue weighted by Crippen LogP contribution is -2.04. The van der Waals surface area contributed by atoms with Gasteiger partial charge in [0.15, 0.2) is 0 Å². The van der Waals surface area contributed by atoms with E-state index in [0.29, 0.717) is 0 Å². The van der Waals surface area contributed by atoms with E-state index in [2.05, 4.69) is 16.3 Å². The molecule has 0 N–H and O–H groups in total. The molecule has 0 spiro atoms. The van der Waals surface area contributed by atoms with Crippen molar-refractivity contribution >= 4 is 18.3 Å². The summed E-state index contributed by atoms with van der Waals surface area (Å²) in [5.41, 5.74) is 0. The summed E-state index contributed by atoms with van der Waals surface area (Å²) >= 11 is 0. The number of ether oxygens (including phenoxy) is 1. The first-order chi connectivity index (χ1) is 4.70. The fraction of sp³-hybridized carbons (Fsp3) is 0.167. The van der Waals surface area contributed by atoms with Gasteiger partial charge in [-0.15, -0.1) is 0 Å². The normalized spacial score (nSPS) is 9.30. The van der Waals surface area contributed by atoms with Gasteiger partial charge in [0.2, 0.25) is 0 Å². The Morgan fingerprint density at radius 2 is 2.20 bits per heavy atom. The van der Waals surface area contributed by atoms with Crippen LogP contribution in [0.15, 0.2) is 17.6 Å². The second kappa shape index (κ2) is 4.43. The standard InChI is InChI=1S/C6H7NO3/c1-3-5(8)10-6(9)7-4-2/h3-4H,1H2,2H3. The average molecular weight is 141 g/mol. The molecule has 0 saturated heterocycles. The quantitative estimate of drug-likeness (QED) is 0.236. The van der Waals surface area contributed by atoms with Crippen LogP contribution >= 0.6 is 0 Å². The molecule has 0 atom stereocenters. The van der Waals surface area contributed by atoms with Crippen molar-refractivity contribution in [3.05, 3.63) is 12.7 Å². The van der Waals surface area contributed by atoms with E-state index < -0.39 is 12.1 Å². The molecule has 54 valence electrons.